The number of ether oxygens (including phenoxy) is 2. The largest absolute Gasteiger partial charge is 0.508 e. The fraction of sp³-hybridized carbons (Fsp3) is 0.923. The first-order valence-electron chi connectivity index (χ1n) is 6.15. The summed E-state index contributed by atoms with van der Waals surface area (Å²) >= 11 is 0. The Kier molecular flexibility index (Phi) is 6.10. The molecule has 5 nitrogen and oxygen atoms in total. The van der Waals surface area contributed by atoms with Crippen LogP contribution >= 0.6 is 0 Å². The lowest BCUT2D eigenvalue weighted by atomic mass is 9.89. The van der Waals surface area contributed by atoms with Gasteiger partial charge in [-0.3, -0.25) is 0 Å². The molecule has 5 heteroatoms. The zero-order valence-electron chi connectivity index (χ0n) is 12.2. The normalized spacial score (nSPS) is 16.0. The van der Waals surface area contributed by atoms with E-state index in [1.807, 2.05) is 0 Å². The average Bonchev–Trinajstić information content (AvgIpc) is 2.23. The van der Waals surface area contributed by atoms with E-state index < -0.39 is 29.2 Å². The number of carbonyl (C=O) groups is 1. The van der Waals surface area contributed by atoms with Crippen LogP contribution in [0.4, 0.5) is 4.79 Å². The maximum Gasteiger partial charge on any atom is 0.508 e. The standard InChI is InChI=1S/C13H26O5/c1-9(14)12(3,4)7-17-11(16)18-8-13(5,6)10(2)15/h9-10,14-15H,7-8H2,1-6H3. The molecule has 0 aromatic carbocycles. The Morgan fingerprint density at radius 3 is 1.44 bits per heavy atom. The summed E-state index contributed by atoms with van der Waals surface area (Å²) in [5.74, 6) is 0. The zero-order valence-corrected chi connectivity index (χ0v) is 12.2. The van der Waals surface area contributed by atoms with Crippen LogP contribution in [0.3, 0.4) is 0 Å². The number of aliphatic hydroxyl groups is 2. The summed E-state index contributed by atoms with van der Waals surface area (Å²) in [7, 11) is 0. The maximum absolute atomic E-state index is 11.4. The zero-order chi connectivity index (χ0) is 14.6. The average molecular weight is 262 g/mol. The monoisotopic (exact) mass is 262 g/mol. The van der Waals surface area contributed by atoms with E-state index >= 15 is 0 Å². The molecule has 2 atom stereocenters. The Bertz CT molecular complexity index is 243. The second kappa shape index (κ2) is 6.38. The van der Waals surface area contributed by atoms with Gasteiger partial charge in [-0.15, -0.1) is 0 Å². The van der Waals surface area contributed by atoms with E-state index in [4.69, 9.17) is 9.47 Å². The van der Waals surface area contributed by atoms with Gasteiger partial charge in [0, 0.05) is 10.8 Å². The molecule has 0 aromatic rings. The van der Waals surface area contributed by atoms with Crippen molar-refractivity contribution in [3.05, 3.63) is 0 Å². The van der Waals surface area contributed by atoms with E-state index in [1.54, 1.807) is 41.5 Å². The van der Waals surface area contributed by atoms with Crippen LogP contribution in [0.15, 0.2) is 0 Å². The number of hydrogen-bond donors (Lipinski definition) is 2. The highest BCUT2D eigenvalue weighted by molar-refractivity contribution is 5.59. The number of carbonyl (C=O) groups excluding carboxylic acids is 1. The van der Waals surface area contributed by atoms with Gasteiger partial charge in [0.15, 0.2) is 0 Å². The summed E-state index contributed by atoms with van der Waals surface area (Å²) in [5.41, 5.74) is -1.03. The smallest absolute Gasteiger partial charge is 0.434 e. The van der Waals surface area contributed by atoms with Crippen LogP contribution in [-0.4, -0.2) is 41.8 Å². The van der Waals surface area contributed by atoms with E-state index in [0.717, 1.165) is 0 Å². The van der Waals surface area contributed by atoms with Crippen molar-refractivity contribution in [1.29, 1.82) is 0 Å². The van der Waals surface area contributed by atoms with Crippen molar-refractivity contribution >= 4 is 6.16 Å². The van der Waals surface area contributed by atoms with Gasteiger partial charge >= 0.3 is 6.16 Å². The van der Waals surface area contributed by atoms with Crippen molar-refractivity contribution in [3.63, 3.8) is 0 Å². The van der Waals surface area contributed by atoms with Crippen LogP contribution in [-0.2, 0) is 9.47 Å². The van der Waals surface area contributed by atoms with Gasteiger partial charge in [-0.1, -0.05) is 27.7 Å². The SMILES string of the molecule is CC(O)C(C)(C)COC(=O)OCC(C)(C)C(C)O. The molecule has 0 spiro atoms. The third-order valence-corrected chi connectivity index (χ3v) is 3.39. The molecule has 0 heterocycles. The second-order valence-electron chi connectivity index (χ2n) is 6.16. The molecule has 2 unspecified atom stereocenters. The van der Waals surface area contributed by atoms with Crippen molar-refractivity contribution in [1.82, 2.24) is 0 Å². The molecule has 0 bridgehead atoms. The summed E-state index contributed by atoms with van der Waals surface area (Å²) in [6.45, 7) is 10.6. The van der Waals surface area contributed by atoms with Gasteiger partial charge in [0.05, 0.1) is 12.2 Å². The van der Waals surface area contributed by atoms with Crippen LogP contribution in [0, 0.1) is 10.8 Å². The summed E-state index contributed by atoms with van der Waals surface area (Å²) in [4.78, 5) is 11.4. The van der Waals surface area contributed by atoms with Gasteiger partial charge < -0.3 is 19.7 Å². The molecule has 2 N–H and O–H groups in total. The Labute approximate surface area is 109 Å². The van der Waals surface area contributed by atoms with Crippen molar-refractivity contribution in [3.8, 4) is 0 Å². The van der Waals surface area contributed by atoms with Crippen molar-refractivity contribution in [2.45, 2.75) is 53.8 Å². The predicted molar refractivity (Wildman–Crippen MR) is 68.2 cm³/mol. The molecule has 0 rings (SSSR count). The maximum atomic E-state index is 11.4. The molecule has 0 fully saturated rings. The van der Waals surface area contributed by atoms with Crippen molar-refractivity contribution in [2.24, 2.45) is 10.8 Å². The van der Waals surface area contributed by atoms with Crippen molar-refractivity contribution in [2.75, 3.05) is 13.2 Å². The Morgan fingerprint density at radius 2 is 1.22 bits per heavy atom. The van der Waals surface area contributed by atoms with Crippen LogP contribution in [0.1, 0.15) is 41.5 Å². The number of rotatable bonds is 6. The van der Waals surface area contributed by atoms with Gasteiger partial charge in [-0.2, -0.15) is 0 Å². The summed E-state index contributed by atoms with van der Waals surface area (Å²) in [6, 6.07) is 0. The first-order valence-corrected chi connectivity index (χ1v) is 6.15. The van der Waals surface area contributed by atoms with E-state index in [0.29, 0.717) is 0 Å². The molecule has 0 aliphatic heterocycles. The molecule has 108 valence electrons. The molecule has 18 heavy (non-hydrogen) atoms. The lowest BCUT2D eigenvalue weighted by Gasteiger charge is -2.29. The van der Waals surface area contributed by atoms with E-state index in [9.17, 15) is 15.0 Å². The topological polar surface area (TPSA) is 76.0 Å². The summed E-state index contributed by atoms with van der Waals surface area (Å²) in [5, 5.41) is 18.9. The van der Waals surface area contributed by atoms with E-state index in [1.165, 1.54) is 0 Å². The molecule has 0 aliphatic carbocycles. The molecule has 0 amide bonds. The van der Waals surface area contributed by atoms with E-state index in [2.05, 4.69) is 0 Å². The first-order chi connectivity index (χ1) is 7.99. The summed E-state index contributed by atoms with van der Waals surface area (Å²) < 4.78 is 9.88. The highest BCUT2D eigenvalue weighted by Gasteiger charge is 2.29. The minimum Gasteiger partial charge on any atom is -0.434 e. The van der Waals surface area contributed by atoms with Gasteiger partial charge in [-0.05, 0) is 13.8 Å². The fourth-order valence-electron chi connectivity index (χ4n) is 0.773. The highest BCUT2D eigenvalue weighted by Crippen LogP contribution is 2.22. The Balaban J connectivity index is 4.08. The molecular weight excluding hydrogens is 236 g/mol. The van der Waals surface area contributed by atoms with E-state index in [-0.39, 0.29) is 13.2 Å². The predicted octanol–water partition coefficient (Wildman–Crippen LogP) is 1.95. The van der Waals surface area contributed by atoms with Gasteiger partial charge in [0.1, 0.15) is 13.2 Å². The van der Waals surface area contributed by atoms with Crippen LogP contribution in [0.5, 0.6) is 0 Å². The fourth-order valence-corrected chi connectivity index (χ4v) is 0.773. The third-order valence-electron chi connectivity index (χ3n) is 3.39. The molecule has 0 saturated carbocycles. The molecule has 0 aliphatic rings. The minimum absolute atomic E-state index is 0.0820. The van der Waals surface area contributed by atoms with Crippen LogP contribution in [0.25, 0.3) is 0 Å². The lowest BCUT2D eigenvalue weighted by molar-refractivity contribution is -0.0386. The number of aliphatic hydroxyl groups excluding tert-OH is 2. The Hall–Kier alpha value is -0.810. The minimum atomic E-state index is -0.780. The van der Waals surface area contributed by atoms with Gasteiger partial charge in [0.25, 0.3) is 0 Å². The van der Waals surface area contributed by atoms with Gasteiger partial charge in [-0.25, -0.2) is 4.79 Å². The lowest BCUT2D eigenvalue weighted by Crippen LogP contribution is -2.35. The quantitative estimate of drug-likeness (QED) is 0.716. The summed E-state index contributed by atoms with van der Waals surface area (Å²) in [6.07, 6.45) is -1.95. The van der Waals surface area contributed by atoms with Gasteiger partial charge in [0.2, 0.25) is 0 Å². The third kappa shape index (κ3) is 5.69. The van der Waals surface area contributed by atoms with Crippen LogP contribution in [0.2, 0.25) is 0 Å². The second-order valence-corrected chi connectivity index (χ2v) is 6.16. The number of hydrogen-bond acceptors (Lipinski definition) is 5. The molecular formula is C13H26O5. The highest BCUT2D eigenvalue weighted by atomic mass is 16.7. The molecule has 0 radical (unpaired) electrons. The molecule has 0 saturated heterocycles. The first kappa shape index (κ1) is 17.2. The molecule has 0 aromatic heterocycles. The van der Waals surface area contributed by atoms with Crippen LogP contribution < -0.4 is 0 Å². The van der Waals surface area contributed by atoms with Crippen molar-refractivity contribution < 1.29 is 24.5 Å². The Morgan fingerprint density at radius 1 is 0.944 bits per heavy atom.